The Balaban J connectivity index is 4.11. The van der Waals surface area contributed by atoms with E-state index in [0.717, 1.165) is 0 Å². The van der Waals surface area contributed by atoms with Crippen molar-refractivity contribution in [3.05, 3.63) is 0 Å². The van der Waals surface area contributed by atoms with Crippen LogP contribution in [0.15, 0.2) is 0 Å². The number of rotatable bonds is 7. The summed E-state index contributed by atoms with van der Waals surface area (Å²) in [6.45, 7) is -0.0321. The molecule has 0 heterocycles. The van der Waals surface area contributed by atoms with Gasteiger partial charge in [-0.2, -0.15) is 23.2 Å². The highest BCUT2D eigenvalue weighted by atomic mass is 32.3. The van der Waals surface area contributed by atoms with Crippen molar-refractivity contribution < 1.29 is 12.3 Å². The number of nitriles is 2. The van der Waals surface area contributed by atoms with Crippen molar-refractivity contribution in [2.45, 2.75) is 25.7 Å². The van der Waals surface area contributed by atoms with Crippen LogP contribution in [0.5, 0.6) is 0 Å². The number of hydrogen-bond acceptors (Lipinski definition) is 4. The standard InChI is InChI=1S/C8H12FN3O2S/c9-15(13,14)12(7-3-1-5-10)8-4-2-6-11/h1-4,7-8H2. The number of halogens is 1. The minimum absolute atomic E-state index is 0.0160. The van der Waals surface area contributed by atoms with Crippen LogP contribution in [0, 0.1) is 22.7 Å². The number of hydrogen-bond donors (Lipinski definition) is 0. The molecule has 84 valence electrons. The van der Waals surface area contributed by atoms with E-state index >= 15 is 0 Å². The predicted octanol–water partition coefficient (Wildman–Crippen LogP) is 1.11. The molecule has 0 aromatic heterocycles. The maximum Gasteiger partial charge on any atom is 0.374 e. The molecule has 0 atom stereocenters. The van der Waals surface area contributed by atoms with Gasteiger partial charge in [0.25, 0.3) is 0 Å². The lowest BCUT2D eigenvalue weighted by atomic mass is 10.3. The highest BCUT2D eigenvalue weighted by Gasteiger charge is 2.19. The maximum absolute atomic E-state index is 12.6. The molecule has 0 aromatic rings. The van der Waals surface area contributed by atoms with Gasteiger partial charge in [-0.25, -0.2) is 0 Å². The van der Waals surface area contributed by atoms with Gasteiger partial charge in [0.1, 0.15) is 0 Å². The summed E-state index contributed by atoms with van der Waals surface area (Å²) in [6, 6.07) is 3.69. The lowest BCUT2D eigenvalue weighted by molar-refractivity contribution is 0.376. The van der Waals surface area contributed by atoms with Crippen molar-refractivity contribution in [3.8, 4) is 12.1 Å². The molecular weight excluding hydrogens is 221 g/mol. The Morgan fingerprint density at radius 2 is 1.47 bits per heavy atom. The fraction of sp³-hybridized carbons (Fsp3) is 0.750. The minimum Gasteiger partial charge on any atom is -0.198 e. The highest BCUT2D eigenvalue weighted by Crippen LogP contribution is 2.07. The van der Waals surface area contributed by atoms with Crippen LogP contribution in [0.2, 0.25) is 0 Å². The van der Waals surface area contributed by atoms with Gasteiger partial charge in [-0.05, 0) is 12.8 Å². The van der Waals surface area contributed by atoms with Gasteiger partial charge >= 0.3 is 10.4 Å². The van der Waals surface area contributed by atoms with Gasteiger partial charge in [-0.15, -0.1) is 0 Å². The highest BCUT2D eigenvalue weighted by molar-refractivity contribution is 7.83. The molecule has 0 unspecified atom stereocenters. The fourth-order valence-corrected chi connectivity index (χ4v) is 1.69. The summed E-state index contributed by atoms with van der Waals surface area (Å²) in [5, 5.41) is 16.5. The first-order valence-electron chi connectivity index (χ1n) is 4.46. The summed E-state index contributed by atoms with van der Waals surface area (Å²) in [4.78, 5) is 0. The maximum atomic E-state index is 12.6. The molecule has 0 amide bonds. The molecule has 0 rings (SSSR count). The Morgan fingerprint density at radius 3 is 1.73 bits per heavy atom. The molecule has 0 aromatic carbocycles. The Labute approximate surface area is 89.1 Å². The minimum atomic E-state index is -4.71. The van der Waals surface area contributed by atoms with Crippen LogP contribution in [-0.4, -0.2) is 25.8 Å². The van der Waals surface area contributed by atoms with E-state index in [9.17, 15) is 12.3 Å². The van der Waals surface area contributed by atoms with Gasteiger partial charge < -0.3 is 0 Å². The van der Waals surface area contributed by atoms with Gasteiger partial charge in [0.15, 0.2) is 0 Å². The first kappa shape index (κ1) is 13.8. The molecule has 0 radical (unpaired) electrons. The van der Waals surface area contributed by atoms with Crippen LogP contribution in [0.4, 0.5) is 3.89 Å². The van der Waals surface area contributed by atoms with Gasteiger partial charge in [0, 0.05) is 25.9 Å². The fourth-order valence-electron chi connectivity index (χ4n) is 0.999. The Hall–Kier alpha value is -1.18. The summed E-state index contributed by atoms with van der Waals surface area (Å²) < 4.78 is 34.5. The van der Waals surface area contributed by atoms with E-state index in [1.807, 2.05) is 12.1 Å². The molecular formula is C8H12FN3O2S. The van der Waals surface area contributed by atoms with E-state index in [-0.39, 0.29) is 25.9 Å². The van der Waals surface area contributed by atoms with Crippen LogP contribution in [0.3, 0.4) is 0 Å². The average Bonchev–Trinajstić information content (AvgIpc) is 2.14. The van der Waals surface area contributed by atoms with E-state index in [4.69, 9.17) is 10.5 Å². The molecule has 0 aliphatic rings. The second-order valence-electron chi connectivity index (χ2n) is 2.86. The van der Waals surface area contributed by atoms with E-state index in [2.05, 4.69) is 0 Å². The summed E-state index contributed by atoms with van der Waals surface area (Å²) in [5.41, 5.74) is 0. The zero-order chi connectivity index (χ0) is 11.7. The van der Waals surface area contributed by atoms with E-state index < -0.39 is 10.4 Å². The Kier molecular flexibility index (Phi) is 6.59. The lowest BCUT2D eigenvalue weighted by Crippen LogP contribution is -2.29. The molecule has 0 N–H and O–H groups in total. The van der Waals surface area contributed by atoms with Gasteiger partial charge in [-0.1, -0.05) is 3.89 Å². The molecule has 0 aliphatic heterocycles. The molecule has 0 saturated heterocycles. The lowest BCUT2D eigenvalue weighted by Gasteiger charge is -2.15. The van der Waals surface area contributed by atoms with Crippen LogP contribution in [-0.2, 0) is 10.4 Å². The summed E-state index contributed by atoms with van der Waals surface area (Å²) in [7, 11) is -4.71. The van der Waals surface area contributed by atoms with Crippen LogP contribution >= 0.6 is 0 Å². The van der Waals surface area contributed by atoms with Crippen molar-refractivity contribution in [1.29, 1.82) is 10.5 Å². The first-order valence-corrected chi connectivity index (χ1v) is 5.80. The smallest absolute Gasteiger partial charge is 0.198 e. The second kappa shape index (κ2) is 7.16. The molecule has 15 heavy (non-hydrogen) atoms. The SMILES string of the molecule is N#CCCCN(CCCC#N)S(=O)(=O)F. The third-order valence-corrected chi connectivity index (χ3v) is 2.68. The Morgan fingerprint density at radius 1 is 1.07 bits per heavy atom. The Bertz CT molecular complexity index is 335. The van der Waals surface area contributed by atoms with Gasteiger partial charge in [-0.3, -0.25) is 0 Å². The van der Waals surface area contributed by atoms with E-state index in [1.165, 1.54) is 0 Å². The van der Waals surface area contributed by atoms with Crippen molar-refractivity contribution in [2.24, 2.45) is 0 Å². The summed E-state index contributed by atoms with van der Waals surface area (Å²) in [6.07, 6.45) is 0.965. The molecule has 0 fully saturated rings. The van der Waals surface area contributed by atoms with Gasteiger partial charge in [0.2, 0.25) is 0 Å². The van der Waals surface area contributed by atoms with E-state index in [1.54, 1.807) is 0 Å². The number of unbranched alkanes of at least 4 members (excludes halogenated alkanes) is 2. The summed E-state index contributed by atoms with van der Waals surface area (Å²) in [5.74, 6) is 0. The van der Waals surface area contributed by atoms with Crippen LogP contribution in [0.25, 0.3) is 0 Å². The molecule has 5 nitrogen and oxygen atoms in total. The van der Waals surface area contributed by atoms with Crippen molar-refractivity contribution >= 4 is 10.4 Å². The second-order valence-corrected chi connectivity index (χ2v) is 4.21. The van der Waals surface area contributed by atoms with Crippen LogP contribution < -0.4 is 0 Å². The molecule has 7 heteroatoms. The van der Waals surface area contributed by atoms with Crippen molar-refractivity contribution in [2.75, 3.05) is 13.1 Å². The molecule has 0 aliphatic carbocycles. The zero-order valence-electron chi connectivity index (χ0n) is 8.19. The van der Waals surface area contributed by atoms with Crippen LogP contribution in [0.1, 0.15) is 25.7 Å². The largest absolute Gasteiger partial charge is 0.374 e. The zero-order valence-corrected chi connectivity index (χ0v) is 9.00. The third kappa shape index (κ3) is 6.83. The first-order chi connectivity index (χ1) is 7.02. The third-order valence-electron chi connectivity index (χ3n) is 1.70. The molecule has 0 spiro atoms. The average molecular weight is 233 g/mol. The summed E-state index contributed by atoms with van der Waals surface area (Å²) >= 11 is 0. The quantitative estimate of drug-likeness (QED) is 0.487. The predicted molar refractivity (Wildman–Crippen MR) is 51.3 cm³/mol. The van der Waals surface area contributed by atoms with Gasteiger partial charge in [0.05, 0.1) is 12.1 Å². The topological polar surface area (TPSA) is 85.0 Å². The van der Waals surface area contributed by atoms with Crippen molar-refractivity contribution in [1.82, 2.24) is 4.31 Å². The monoisotopic (exact) mass is 233 g/mol. The molecule has 0 saturated carbocycles. The van der Waals surface area contributed by atoms with Crippen molar-refractivity contribution in [3.63, 3.8) is 0 Å². The molecule has 0 bridgehead atoms. The number of nitrogens with zero attached hydrogens (tertiary/aromatic N) is 3. The van der Waals surface area contributed by atoms with E-state index in [0.29, 0.717) is 17.1 Å². The normalized spacial score (nSPS) is 10.9.